The predicted octanol–water partition coefficient (Wildman–Crippen LogP) is 0.0757. The number of H-pyrrole nitrogens is 1. The summed E-state index contributed by atoms with van der Waals surface area (Å²) in [5.41, 5.74) is 2.14. The fourth-order valence-corrected chi connectivity index (χ4v) is 2.21. The molecule has 1 aromatic rings. The highest BCUT2D eigenvalue weighted by Gasteiger charge is 2.22. The van der Waals surface area contributed by atoms with E-state index in [2.05, 4.69) is 15.3 Å². The summed E-state index contributed by atoms with van der Waals surface area (Å²) in [6.07, 6.45) is 6.75. The number of nitrogens with one attached hydrogen (secondary N) is 3. The lowest BCUT2D eigenvalue weighted by Gasteiger charge is -2.22. The molecule has 2 rings (SSSR count). The van der Waals surface area contributed by atoms with Crippen molar-refractivity contribution in [2.75, 3.05) is 0 Å². The van der Waals surface area contributed by atoms with E-state index in [4.69, 9.17) is 5.84 Å². The highest BCUT2D eigenvalue weighted by Crippen LogP contribution is 2.17. The molecule has 5 N–H and O–H groups in total. The third-order valence-electron chi connectivity index (χ3n) is 3.15. The third kappa shape index (κ3) is 2.67. The minimum Gasteiger partial charge on any atom is -0.348 e. The molecule has 1 aliphatic rings. The Morgan fingerprint density at radius 3 is 2.67 bits per heavy atom. The molecule has 1 saturated carbocycles. The van der Waals surface area contributed by atoms with E-state index in [-0.39, 0.29) is 23.3 Å². The van der Waals surface area contributed by atoms with Crippen LogP contribution in [0, 0.1) is 0 Å². The van der Waals surface area contributed by atoms with Gasteiger partial charge in [-0.3, -0.25) is 15.0 Å². The summed E-state index contributed by atoms with van der Waals surface area (Å²) in [4.78, 5) is 29.9. The number of hydrogen-bond acceptors (Lipinski definition) is 4. The number of carbonyl (C=O) groups excluding carboxylic acids is 2. The van der Waals surface area contributed by atoms with Gasteiger partial charge in [0.25, 0.3) is 11.8 Å². The van der Waals surface area contributed by atoms with E-state index in [0.29, 0.717) is 0 Å². The van der Waals surface area contributed by atoms with Crippen molar-refractivity contribution in [3.05, 3.63) is 17.7 Å². The Kier molecular flexibility index (Phi) is 3.93. The Morgan fingerprint density at radius 1 is 1.28 bits per heavy atom. The topological polar surface area (TPSA) is 113 Å². The number of nitrogens with zero attached hydrogens (tertiary/aromatic N) is 1. The second-order valence-electron chi connectivity index (χ2n) is 4.41. The van der Waals surface area contributed by atoms with E-state index in [0.717, 1.165) is 25.7 Å². The van der Waals surface area contributed by atoms with E-state index < -0.39 is 5.91 Å². The summed E-state index contributed by atoms with van der Waals surface area (Å²) in [5, 5.41) is 2.91. The first-order valence-corrected chi connectivity index (χ1v) is 6.07. The summed E-state index contributed by atoms with van der Waals surface area (Å²) in [6.45, 7) is 0. The highest BCUT2D eigenvalue weighted by molar-refractivity contribution is 6.04. The van der Waals surface area contributed by atoms with E-state index in [1.165, 1.54) is 12.7 Å². The summed E-state index contributed by atoms with van der Waals surface area (Å²) in [5.74, 6) is 4.15. The number of nitrogens with two attached hydrogens (primary N) is 1. The first kappa shape index (κ1) is 12.6. The van der Waals surface area contributed by atoms with E-state index in [1.807, 2.05) is 5.43 Å². The summed E-state index contributed by atoms with van der Waals surface area (Å²) in [7, 11) is 0. The number of nitrogen functional groups attached to an aromatic ring is 1. The molecule has 1 fully saturated rings. The molecule has 18 heavy (non-hydrogen) atoms. The van der Waals surface area contributed by atoms with Crippen molar-refractivity contribution in [1.82, 2.24) is 20.7 Å². The average Bonchev–Trinajstić information content (AvgIpc) is 2.88. The quantitative estimate of drug-likeness (QED) is 0.346. The van der Waals surface area contributed by atoms with Crippen LogP contribution in [0.3, 0.4) is 0 Å². The Bertz CT molecular complexity index is 436. The molecule has 1 heterocycles. The Morgan fingerprint density at radius 2 is 2.00 bits per heavy atom. The van der Waals surface area contributed by atoms with Crippen molar-refractivity contribution < 1.29 is 9.59 Å². The van der Waals surface area contributed by atoms with Crippen molar-refractivity contribution in [2.24, 2.45) is 5.84 Å². The lowest BCUT2D eigenvalue weighted by molar-refractivity contribution is 0.0898. The monoisotopic (exact) mass is 251 g/mol. The minimum atomic E-state index is -0.579. The Balaban J connectivity index is 2.04. The molecule has 98 valence electrons. The van der Waals surface area contributed by atoms with Gasteiger partial charge in [0, 0.05) is 6.04 Å². The van der Waals surface area contributed by atoms with Crippen molar-refractivity contribution >= 4 is 11.8 Å². The van der Waals surface area contributed by atoms with Gasteiger partial charge >= 0.3 is 0 Å². The molecule has 0 aliphatic heterocycles. The normalized spacial score (nSPS) is 16.3. The SMILES string of the molecule is NNC(=O)c1nc[nH]c1C(=O)NC1CCCCC1. The number of imidazole rings is 1. The third-order valence-corrected chi connectivity index (χ3v) is 3.15. The van der Waals surface area contributed by atoms with Gasteiger partial charge in [-0.1, -0.05) is 19.3 Å². The molecular weight excluding hydrogens is 234 g/mol. The fourth-order valence-electron chi connectivity index (χ4n) is 2.21. The maximum Gasteiger partial charge on any atom is 0.286 e. The number of aromatic nitrogens is 2. The molecular formula is C11H17N5O2. The number of hydrazine groups is 1. The smallest absolute Gasteiger partial charge is 0.286 e. The zero-order valence-corrected chi connectivity index (χ0v) is 10.0. The molecule has 7 heteroatoms. The zero-order valence-electron chi connectivity index (χ0n) is 10.0. The number of rotatable bonds is 3. The van der Waals surface area contributed by atoms with Crippen molar-refractivity contribution in [3.8, 4) is 0 Å². The zero-order chi connectivity index (χ0) is 13.0. The largest absolute Gasteiger partial charge is 0.348 e. The van der Waals surface area contributed by atoms with Crippen LogP contribution in [0.4, 0.5) is 0 Å². The van der Waals surface area contributed by atoms with E-state index in [1.54, 1.807) is 0 Å². The van der Waals surface area contributed by atoms with Gasteiger partial charge in [-0.15, -0.1) is 0 Å². The fraction of sp³-hybridized carbons (Fsp3) is 0.545. The van der Waals surface area contributed by atoms with Crippen LogP contribution >= 0.6 is 0 Å². The second kappa shape index (κ2) is 5.63. The number of amides is 2. The van der Waals surface area contributed by atoms with Crippen LogP contribution in [-0.4, -0.2) is 27.8 Å². The molecule has 0 saturated heterocycles. The van der Waals surface area contributed by atoms with Gasteiger partial charge in [0.15, 0.2) is 5.69 Å². The standard InChI is InChI=1S/C11H17N5O2/c12-16-11(18)9-8(13-6-14-9)10(17)15-7-4-2-1-3-5-7/h6-7H,1-5,12H2,(H,13,14)(H,15,17)(H,16,18). The van der Waals surface area contributed by atoms with Crippen LogP contribution in [0.15, 0.2) is 6.33 Å². The first-order valence-electron chi connectivity index (χ1n) is 6.07. The molecule has 7 nitrogen and oxygen atoms in total. The van der Waals surface area contributed by atoms with Crippen LogP contribution in [-0.2, 0) is 0 Å². The van der Waals surface area contributed by atoms with Gasteiger partial charge < -0.3 is 10.3 Å². The van der Waals surface area contributed by atoms with E-state index in [9.17, 15) is 9.59 Å². The summed E-state index contributed by atoms with van der Waals surface area (Å²) >= 11 is 0. The van der Waals surface area contributed by atoms with Crippen LogP contribution in [0.25, 0.3) is 0 Å². The first-order chi connectivity index (χ1) is 8.72. The molecule has 0 atom stereocenters. The molecule has 0 unspecified atom stereocenters. The Labute approximate surface area is 105 Å². The van der Waals surface area contributed by atoms with Gasteiger partial charge in [-0.05, 0) is 12.8 Å². The van der Waals surface area contributed by atoms with Gasteiger partial charge in [-0.25, -0.2) is 10.8 Å². The summed E-state index contributed by atoms with van der Waals surface area (Å²) in [6, 6.07) is 0.184. The second-order valence-corrected chi connectivity index (χ2v) is 4.41. The molecule has 2 amide bonds. The lowest BCUT2D eigenvalue weighted by Crippen LogP contribution is -2.38. The van der Waals surface area contributed by atoms with Crippen LogP contribution in [0.1, 0.15) is 53.1 Å². The van der Waals surface area contributed by atoms with Gasteiger partial charge in [-0.2, -0.15) is 0 Å². The molecule has 0 spiro atoms. The number of hydrogen-bond donors (Lipinski definition) is 4. The van der Waals surface area contributed by atoms with Crippen molar-refractivity contribution in [3.63, 3.8) is 0 Å². The molecule has 0 aromatic carbocycles. The lowest BCUT2D eigenvalue weighted by atomic mass is 9.95. The maximum absolute atomic E-state index is 12.0. The van der Waals surface area contributed by atoms with Gasteiger partial charge in [0.05, 0.1) is 6.33 Å². The number of aromatic amines is 1. The Hall–Kier alpha value is -1.89. The van der Waals surface area contributed by atoms with Crippen LogP contribution in [0.2, 0.25) is 0 Å². The van der Waals surface area contributed by atoms with Crippen LogP contribution in [0.5, 0.6) is 0 Å². The van der Waals surface area contributed by atoms with E-state index >= 15 is 0 Å². The minimum absolute atomic E-state index is 0.0193. The van der Waals surface area contributed by atoms with Crippen molar-refractivity contribution in [1.29, 1.82) is 0 Å². The van der Waals surface area contributed by atoms with Gasteiger partial charge in [0.2, 0.25) is 0 Å². The highest BCUT2D eigenvalue weighted by atomic mass is 16.2. The average molecular weight is 251 g/mol. The molecule has 0 bridgehead atoms. The summed E-state index contributed by atoms with van der Waals surface area (Å²) < 4.78 is 0. The molecule has 1 aromatic heterocycles. The van der Waals surface area contributed by atoms with Gasteiger partial charge in [0.1, 0.15) is 5.69 Å². The number of carbonyl (C=O) groups is 2. The predicted molar refractivity (Wildman–Crippen MR) is 64.6 cm³/mol. The maximum atomic E-state index is 12.0. The van der Waals surface area contributed by atoms with Crippen LogP contribution < -0.4 is 16.6 Å². The van der Waals surface area contributed by atoms with Crippen molar-refractivity contribution in [2.45, 2.75) is 38.1 Å². The molecule has 1 aliphatic carbocycles. The molecule has 0 radical (unpaired) electrons.